The van der Waals surface area contributed by atoms with Crippen molar-refractivity contribution in [1.82, 2.24) is 15.1 Å². The van der Waals surface area contributed by atoms with E-state index in [-0.39, 0.29) is 30.3 Å². The molecule has 1 aliphatic carbocycles. The normalized spacial score (nSPS) is 13.7. The lowest BCUT2D eigenvalue weighted by atomic mass is 9.95. The van der Waals surface area contributed by atoms with E-state index >= 15 is 0 Å². The van der Waals surface area contributed by atoms with E-state index in [4.69, 9.17) is 16.3 Å². The van der Waals surface area contributed by atoms with E-state index in [0.717, 1.165) is 24.1 Å². The van der Waals surface area contributed by atoms with Crippen LogP contribution in [0.5, 0.6) is 0 Å². The Balaban J connectivity index is 1.44. The van der Waals surface area contributed by atoms with Crippen molar-refractivity contribution in [3.63, 3.8) is 0 Å². The average molecular weight is 495 g/mol. The zero-order valence-corrected chi connectivity index (χ0v) is 20.4. The molecule has 35 heavy (non-hydrogen) atoms. The molecule has 3 aromatic rings. The molecule has 0 saturated heterocycles. The maximum absolute atomic E-state index is 13.2. The summed E-state index contributed by atoms with van der Waals surface area (Å²) in [6, 6.07) is 14.1. The summed E-state index contributed by atoms with van der Waals surface area (Å²) in [7, 11) is 1.30. The lowest BCUT2D eigenvalue weighted by Crippen LogP contribution is -2.28. The fourth-order valence-electron chi connectivity index (χ4n) is 3.99. The van der Waals surface area contributed by atoms with Crippen molar-refractivity contribution in [3.8, 4) is 0 Å². The van der Waals surface area contributed by atoms with Crippen molar-refractivity contribution in [1.29, 1.82) is 0 Å². The minimum Gasteiger partial charge on any atom is -0.465 e. The van der Waals surface area contributed by atoms with Crippen LogP contribution >= 0.6 is 11.6 Å². The topological polar surface area (TPSA) is 102 Å². The highest BCUT2D eigenvalue weighted by molar-refractivity contribution is 6.30. The molecule has 2 amide bonds. The maximum Gasteiger partial charge on any atom is 0.337 e. The maximum atomic E-state index is 13.2. The highest BCUT2D eigenvalue weighted by Gasteiger charge is 2.51. The summed E-state index contributed by atoms with van der Waals surface area (Å²) >= 11 is 5.99. The van der Waals surface area contributed by atoms with Crippen LogP contribution in [0.4, 0.5) is 5.69 Å². The molecule has 0 radical (unpaired) electrons. The fraction of sp³-hybridized carbons (Fsp3) is 0.308. The van der Waals surface area contributed by atoms with Crippen molar-refractivity contribution in [2.75, 3.05) is 12.4 Å². The number of carbonyl (C=O) groups excluding carboxylic acids is 3. The summed E-state index contributed by atoms with van der Waals surface area (Å²) < 4.78 is 6.58. The van der Waals surface area contributed by atoms with Gasteiger partial charge in [0.25, 0.3) is 0 Å². The number of amides is 2. The van der Waals surface area contributed by atoms with Gasteiger partial charge in [0.05, 0.1) is 23.8 Å². The quantitative estimate of drug-likeness (QED) is 0.437. The van der Waals surface area contributed by atoms with Gasteiger partial charge in [-0.25, -0.2) is 4.79 Å². The van der Waals surface area contributed by atoms with E-state index in [1.807, 2.05) is 31.3 Å². The van der Waals surface area contributed by atoms with Crippen molar-refractivity contribution >= 4 is 35.1 Å². The molecule has 1 aliphatic rings. The smallest absolute Gasteiger partial charge is 0.337 e. The summed E-state index contributed by atoms with van der Waals surface area (Å²) in [5.41, 5.74) is 2.62. The summed E-state index contributed by atoms with van der Waals surface area (Å²) in [5, 5.41) is 10.7. The SMILES string of the molecule is COC(=O)c1cc(CNC(=O)CCn2ccc(C)n2)cc(NC(=O)C2(c3ccc(Cl)cc3)CC2)c1. The molecule has 2 N–H and O–H groups in total. The molecular weight excluding hydrogens is 468 g/mol. The third kappa shape index (κ3) is 5.89. The van der Waals surface area contributed by atoms with E-state index in [1.165, 1.54) is 7.11 Å². The lowest BCUT2D eigenvalue weighted by Gasteiger charge is -2.17. The van der Waals surface area contributed by atoms with Gasteiger partial charge in [-0.15, -0.1) is 0 Å². The Labute approximate surface area is 208 Å². The highest BCUT2D eigenvalue weighted by atomic mass is 35.5. The van der Waals surface area contributed by atoms with Gasteiger partial charge in [0.1, 0.15) is 0 Å². The molecule has 1 fully saturated rings. The van der Waals surface area contributed by atoms with E-state index in [0.29, 0.717) is 22.8 Å². The van der Waals surface area contributed by atoms with Crippen LogP contribution in [0.1, 0.15) is 46.4 Å². The molecule has 1 heterocycles. The minimum absolute atomic E-state index is 0.146. The number of nitrogens with zero attached hydrogens (tertiary/aromatic N) is 2. The van der Waals surface area contributed by atoms with E-state index in [9.17, 15) is 14.4 Å². The molecule has 2 aromatic carbocycles. The number of ether oxygens (including phenoxy) is 1. The Morgan fingerprint density at radius 2 is 1.86 bits per heavy atom. The Kier molecular flexibility index (Phi) is 7.21. The van der Waals surface area contributed by atoms with Crippen LogP contribution in [0, 0.1) is 6.92 Å². The van der Waals surface area contributed by atoms with Crippen molar-refractivity contribution in [3.05, 3.63) is 82.1 Å². The third-order valence-electron chi connectivity index (χ3n) is 6.08. The second-order valence-corrected chi connectivity index (χ2v) is 9.14. The first-order valence-electron chi connectivity index (χ1n) is 11.4. The number of benzene rings is 2. The number of carbonyl (C=O) groups is 3. The Morgan fingerprint density at radius 3 is 2.49 bits per heavy atom. The number of halogens is 1. The largest absolute Gasteiger partial charge is 0.465 e. The van der Waals surface area contributed by atoms with Crippen LogP contribution < -0.4 is 10.6 Å². The second kappa shape index (κ2) is 10.3. The van der Waals surface area contributed by atoms with Crippen LogP contribution in [-0.4, -0.2) is 34.7 Å². The molecule has 4 rings (SSSR count). The molecule has 1 aromatic heterocycles. The Hall–Kier alpha value is -3.65. The molecule has 0 bridgehead atoms. The van der Waals surface area contributed by atoms with E-state index in [1.54, 1.807) is 35.0 Å². The van der Waals surface area contributed by atoms with Gasteiger partial charge < -0.3 is 15.4 Å². The number of anilines is 1. The van der Waals surface area contributed by atoms with E-state index in [2.05, 4.69) is 15.7 Å². The fourth-order valence-corrected chi connectivity index (χ4v) is 4.11. The molecule has 9 heteroatoms. The van der Waals surface area contributed by atoms with Crippen molar-refractivity contribution < 1.29 is 19.1 Å². The second-order valence-electron chi connectivity index (χ2n) is 8.70. The monoisotopic (exact) mass is 494 g/mol. The number of hydrogen-bond acceptors (Lipinski definition) is 5. The molecule has 182 valence electrons. The zero-order chi connectivity index (χ0) is 25.0. The van der Waals surface area contributed by atoms with Gasteiger partial charge in [-0.2, -0.15) is 5.10 Å². The Morgan fingerprint density at radius 1 is 1.11 bits per heavy atom. The van der Waals surface area contributed by atoms with Crippen LogP contribution in [0.3, 0.4) is 0 Å². The van der Waals surface area contributed by atoms with Gasteiger partial charge in [0.2, 0.25) is 11.8 Å². The number of aromatic nitrogens is 2. The summed E-state index contributed by atoms with van der Waals surface area (Å²) in [4.78, 5) is 37.7. The van der Waals surface area contributed by atoms with Gasteiger partial charge in [-0.1, -0.05) is 23.7 Å². The lowest BCUT2D eigenvalue weighted by molar-refractivity contribution is -0.121. The van der Waals surface area contributed by atoms with Crippen LogP contribution in [0.25, 0.3) is 0 Å². The first kappa shape index (κ1) is 24.5. The first-order valence-corrected chi connectivity index (χ1v) is 11.7. The van der Waals surface area contributed by atoms with Gasteiger partial charge in [0, 0.05) is 36.4 Å². The predicted octanol–water partition coefficient (Wildman–Crippen LogP) is 4.01. The number of aryl methyl sites for hydroxylation is 2. The number of nitrogens with one attached hydrogen (secondary N) is 2. The molecule has 8 nitrogen and oxygen atoms in total. The molecule has 0 atom stereocenters. The molecule has 0 unspecified atom stereocenters. The van der Waals surface area contributed by atoms with Gasteiger partial charge in [-0.3, -0.25) is 14.3 Å². The summed E-state index contributed by atoms with van der Waals surface area (Å²) in [5.74, 6) is -0.820. The first-order chi connectivity index (χ1) is 16.8. The highest BCUT2D eigenvalue weighted by Crippen LogP contribution is 2.49. The van der Waals surface area contributed by atoms with E-state index < -0.39 is 11.4 Å². The number of esters is 1. The van der Waals surface area contributed by atoms with Crippen molar-refractivity contribution in [2.24, 2.45) is 0 Å². The molecule has 0 aliphatic heterocycles. The number of hydrogen-bond donors (Lipinski definition) is 2. The minimum atomic E-state index is -0.606. The molecule has 1 saturated carbocycles. The van der Waals surface area contributed by atoms with Gasteiger partial charge in [-0.05, 0) is 67.3 Å². The van der Waals surface area contributed by atoms with Gasteiger partial charge >= 0.3 is 5.97 Å². The number of rotatable bonds is 9. The Bertz CT molecular complexity index is 1250. The van der Waals surface area contributed by atoms with Crippen LogP contribution in [0.15, 0.2) is 54.7 Å². The predicted molar refractivity (Wildman–Crippen MR) is 132 cm³/mol. The molecular formula is C26H27ClN4O4. The number of methoxy groups -OCH3 is 1. The summed E-state index contributed by atoms with van der Waals surface area (Å²) in [6.07, 6.45) is 3.56. The van der Waals surface area contributed by atoms with Crippen LogP contribution in [-0.2, 0) is 32.8 Å². The molecule has 0 spiro atoms. The standard InChI is InChI=1S/C26H27ClN4O4/c1-17-7-11-31(30-17)12-8-23(32)28-16-18-13-19(24(33)35-2)15-22(14-18)29-25(34)26(9-10-26)20-3-5-21(27)6-4-20/h3-7,11,13-15H,8-10,12,16H2,1-2H3,(H,28,32)(H,29,34). The van der Waals surface area contributed by atoms with Crippen LogP contribution in [0.2, 0.25) is 5.02 Å². The zero-order valence-electron chi connectivity index (χ0n) is 19.6. The van der Waals surface area contributed by atoms with Crippen molar-refractivity contribution in [2.45, 2.75) is 44.7 Å². The van der Waals surface area contributed by atoms with Gasteiger partial charge in [0.15, 0.2) is 0 Å². The summed E-state index contributed by atoms with van der Waals surface area (Å²) in [6.45, 7) is 2.56. The average Bonchev–Trinajstić information content (AvgIpc) is 3.56. The third-order valence-corrected chi connectivity index (χ3v) is 6.34.